The zero-order valence-corrected chi connectivity index (χ0v) is 11.5. The fourth-order valence-corrected chi connectivity index (χ4v) is 1.83. The van der Waals surface area contributed by atoms with Crippen LogP contribution >= 0.6 is 31.9 Å². The van der Waals surface area contributed by atoms with Gasteiger partial charge in [-0.15, -0.1) is 0 Å². The van der Waals surface area contributed by atoms with Crippen molar-refractivity contribution in [1.82, 2.24) is 0 Å². The van der Waals surface area contributed by atoms with Crippen LogP contribution in [0.5, 0.6) is 0 Å². The molecule has 0 radical (unpaired) electrons. The highest BCUT2D eigenvalue weighted by atomic mass is 79.9. The maximum Gasteiger partial charge on any atom is 0.123 e. The molecule has 0 saturated carbocycles. The van der Waals surface area contributed by atoms with Crippen LogP contribution in [0.2, 0.25) is 0 Å². The average molecular weight is 324 g/mol. The molecule has 0 amide bonds. The molecule has 0 N–H and O–H groups in total. The summed E-state index contributed by atoms with van der Waals surface area (Å²) in [5.74, 6) is -0.173. The summed E-state index contributed by atoms with van der Waals surface area (Å²) in [4.78, 5) is 0. The number of benzene rings is 1. The summed E-state index contributed by atoms with van der Waals surface area (Å²) in [5.41, 5.74) is 1.17. The van der Waals surface area contributed by atoms with Crippen molar-refractivity contribution in [3.63, 3.8) is 0 Å². The van der Waals surface area contributed by atoms with E-state index in [9.17, 15) is 4.39 Å². The van der Waals surface area contributed by atoms with E-state index < -0.39 is 0 Å². The van der Waals surface area contributed by atoms with Gasteiger partial charge in [-0.25, -0.2) is 4.39 Å². The molecule has 0 bridgehead atoms. The molecule has 0 aliphatic carbocycles. The summed E-state index contributed by atoms with van der Waals surface area (Å²) in [5, 5.41) is 0.906. The van der Waals surface area contributed by atoms with Gasteiger partial charge in [-0.05, 0) is 35.6 Å². The number of alkyl halides is 1. The molecule has 14 heavy (non-hydrogen) atoms. The molecule has 0 fully saturated rings. The third-order valence-corrected chi connectivity index (χ3v) is 4.33. The number of hydrogen-bond acceptors (Lipinski definition) is 0. The molecule has 1 rings (SSSR count). The Morgan fingerprint density at radius 1 is 1.36 bits per heavy atom. The first-order chi connectivity index (χ1) is 6.44. The molecule has 0 spiro atoms. The van der Waals surface area contributed by atoms with Crippen LogP contribution < -0.4 is 0 Å². The van der Waals surface area contributed by atoms with Crippen molar-refractivity contribution in [1.29, 1.82) is 0 Å². The van der Waals surface area contributed by atoms with Gasteiger partial charge in [0.2, 0.25) is 0 Å². The standard InChI is InChI=1S/C11H13Br2F/c1-11(2,7-12)6-8-5-9(14)3-4-10(8)13/h3-5H,6-7H2,1-2H3. The molecule has 0 unspecified atom stereocenters. The minimum atomic E-state index is -0.173. The quantitative estimate of drug-likeness (QED) is 0.716. The van der Waals surface area contributed by atoms with Gasteiger partial charge in [0, 0.05) is 9.80 Å². The highest BCUT2D eigenvalue weighted by Gasteiger charge is 2.18. The summed E-state index contributed by atoms with van der Waals surface area (Å²) in [6.45, 7) is 4.30. The van der Waals surface area contributed by atoms with Crippen molar-refractivity contribution >= 4 is 31.9 Å². The first-order valence-corrected chi connectivity index (χ1v) is 6.36. The highest BCUT2D eigenvalue weighted by Crippen LogP contribution is 2.28. The van der Waals surface area contributed by atoms with Crippen LogP contribution in [-0.4, -0.2) is 5.33 Å². The van der Waals surface area contributed by atoms with Gasteiger partial charge in [0.1, 0.15) is 5.82 Å². The second-order valence-corrected chi connectivity index (χ2v) is 5.63. The summed E-state index contributed by atoms with van der Waals surface area (Å²) >= 11 is 6.89. The zero-order valence-electron chi connectivity index (χ0n) is 8.28. The van der Waals surface area contributed by atoms with Crippen LogP contribution in [-0.2, 0) is 6.42 Å². The lowest BCUT2D eigenvalue weighted by Crippen LogP contribution is -2.16. The Morgan fingerprint density at radius 3 is 2.57 bits per heavy atom. The second-order valence-electron chi connectivity index (χ2n) is 4.21. The SMILES string of the molecule is CC(C)(CBr)Cc1cc(F)ccc1Br. The molecule has 0 atom stereocenters. The molecule has 1 aromatic carbocycles. The van der Waals surface area contributed by atoms with Gasteiger partial charge in [-0.1, -0.05) is 45.7 Å². The lowest BCUT2D eigenvalue weighted by molar-refractivity contribution is 0.423. The lowest BCUT2D eigenvalue weighted by atomic mass is 9.88. The van der Waals surface area contributed by atoms with Crippen molar-refractivity contribution in [2.24, 2.45) is 5.41 Å². The molecule has 0 heterocycles. The largest absolute Gasteiger partial charge is 0.207 e. The monoisotopic (exact) mass is 322 g/mol. The molecule has 0 nitrogen and oxygen atoms in total. The van der Waals surface area contributed by atoms with E-state index in [0.29, 0.717) is 0 Å². The average Bonchev–Trinajstić information content (AvgIpc) is 2.11. The first-order valence-electron chi connectivity index (χ1n) is 4.44. The Balaban J connectivity index is 2.91. The van der Waals surface area contributed by atoms with Gasteiger partial charge < -0.3 is 0 Å². The summed E-state index contributed by atoms with van der Waals surface area (Å²) < 4.78 is 14.0. The number of rotatable bonds is 3. The van der Waals surface area contributed by atoms with Gasteiger partial charge in [-0.2, -0.15) is 0 Å². The normalized spacial score (nSPS) is 11.8. The van der Waals surface area contributed by atoms with E-state index in [4.69, 9.17) is 0 Å². The molecule has 0 aliphatic rings. The summed E-state index contributed by atoms with van der Waals surface area (Å²) in [7, 11) is 0. The highest BCUT2D eigenvalue weighted by molar-refractivity contribution is 9.10. The van der Waals surface area contributed by atoms with E-state index >= 15 is 0 Å². The van der Waals surface area contributed by atoms with Crippen LogP contribution in [0.4, 0.5) is 4.39 Å². The zero-order chi connectivity index (χ0) is 10.8. The topological polar surface area (TPSA) is 0 Å². The van der Waals surface area contributed by atoms with Gasteiger partial charge in [0.25, 0.3) is 0 Å². The molecule has 0 aromatic heterocycles. The van der Waals surface area contributed by atoms with Crippen LogP contribution in [0.3, 0.4) is 0 Å². The molecule has 3 heteroatoms. The van der Waals surface area contributed by atoms with E-state index in [-0.39, 0.29) is 11.2 Å². The van der Waals surface area contributed by atoms with Crippen molar-refractivity contribution in [2.75, 3.05) is 5.33 Å². The van der Waals surface area contributed by atoms with Crippen LogP contribution in [0, 0.1) is 11.2 Å². The first kappa shape index (κ1) is 12.2. The third-order valence-electron chi connectivity index (χ3n) is 2.04. The summed E-state index contributed by atoms with van der Waals surface area (Å²) in [6, 6.07) is 4.82. The van der Waals surface area contributed by atoms with Gasteiger partial charge in [0.15, 0.2) is 0 Å². The smallest absolute Gasteiger partial charge is 0.123 e. The minimum Gasteiger partial charge on any atom is -0.207 e. The van der Waals surface area contributed by atoms with Gasteiger partial charge in [-0.3, -0.25) is 0 Å². The Morgan fingerprint density at radius 2 is 2.00 bits per heavy atom. The minimum absolute atomic E-state index is 0.149. The van der Waals surface area contributed by atoms with Crippen LogP contribution in [0.25, 0.3) is 0 Å². The lowest BCUT2D eigenvalue weighted by Gasteiger charge is -2.22. The maximum atomic E-state index is 13.0. The Hall–Kier alpha value is 0.110. The van der Waals surface area contributed by atoms with Crippen molar-refractivity contribution in [2.45, 2.75) is 20.3 Å². The van der Waals surface area contributed by atoms with Crippen molar-refractivity contribution in [3.05, 3.63) is 34.1 Å². The molecule has 78 valence electrons. The van der Waals surface area contributed by atoms with E-state index in [1.54, 1.807) is 12.1 Å². The van der Waals surface area contributed by atoms with E-state index in [1.165, 1.54) is 6.07 Å². The van der Waals surface area contributed by atoms with Crippen LogP contribution in [0.15, 0.2) is 22.7 Å². The maximum absolute atomic E-state index is 13.0. The predicted octanol–water partition coefficient (Wildman–Crippen LogP) is 4.55. The Kier molecular flexibility index (Phi) is 4.14. The summed E-state index contributed by atoms with van der Waals surface area (Å²) in [6.07, 6.45) is 0.858. The van der Waals surface area contributed by atoms with Crippen molar-refractivity contribution < 1.29 is 4.39 Å². The predicted molar refractivity (Wildman–Crippen MR) is 65.4 cm³/mol. The van der Waals surface area contributed by atoms with Crippen LogP contribution in [0.1, 0.15) is 19.4 Å². The second kappa shape index (κ2) is 4.75. The number of halogens is 3. The Labute approximate surface area is 101 Å². The molecule has 0 aliphatic heterocycles. The van der Waals surface area contributed by atoms with Crippen molar-refractivity contribution in [3.8, 4) is 0 Å². The molecule has 1 aromatic rings. The fourth-order valence-electron chi connectivity index (χ4n) is 1.24. The van der Waals surface area contributed by atoms with Gasteiger partial charge >= 0.3 is 0 Å². The number of hydrogen-bond donors (Lipinski definition) is 0. The Bertz CT molecular complexity index is 321. The molecular formula is C11H13Br2F. The fraction of sp³-hybridized carbons (Fsp3) is 0.455. The molecule has 0 saturated heterocycles. The van der Waals surface area contributed by atoms with E-state index in [1.807, 2.05) is 0 Å². The molecular weight excluding hydrogens is 311 g/mol. The van der Waals surface area contributed by atoms with Gasteiger partial charge in [0.05, 0.1) is 0 Å². The third kappa shape index (κ3) is 3.35. The van der Waals surface area contributed by atoms with E-state index in [0.717, 1.165) is 21.8 Å². The van der Waals surface area contributed by atoms with E-state index in [2.05, 4.69) is 45.7 Å².